The Balaban J connectivity index is 2.41. The van der Waals surface area contributed by atoms with E-state index in [1.807, 2.05) is 13.0 Å². The fourth-order valence-electron chi connectivity index (χ4n) is 1.75. The Bertz CT molecular complexity index is 665. The maximum Gasteiger partial charge on any atom is 0.323 e. The van der Waals surface area contributed by atoms with Gasteiger partial charge in [-0.1, -0.05) is 17.4 Å². The number of benzene rings is 1. The summed E-state index contributed by atoms with van der Waals surface area (Å²) in [7, 11) is 1.51. The van der Waals surface area contributed by atoms with Gasteiger partial charge >= 0.3 is 5.69 Å². The minimum atomic E-state index is -0.786. The summed E-state index contributed by atoms with van der Waals surface area (Å²) in [5.74, 6) is 0.890. The number of aliphatic hydroxyl groups excluding tert-OH is 1. The first kappa shape index (κ1) is 15.3. The summed E-state index contributed by atoms with van der Waals surface area (Å²) in [5, 5.41) is 20.8. The van der Waals surface area contributed by atoms with Crippen LogP contribution >= 0.6 is 11.3 Å². The largest absolute Gasteiger partial charge is 0.493 e. The molecule has 2 aromatic rings. The lowest BCUT2D eigenvalue weighted by Gasteiger charge is -2.09. The van der Waals surface area contributed by atoms with Gasteiger partial charge in [-0.15, -0.1) is 0 Å². The minimum absolute atomic E-state index is 0.123. The van der Waals surface area contributed by atoms with E-state index in [-0.39, 0.29) is 10.8 Å². The monoisotopic (exact) mass is 309 g/mol. The van der Waals surface area contributed by atoms with Crippen LogP contribution in [0.25, 0.3) is 0 Å². The molecule has 112 valence electrons. The molecule has 21 heavy (non-hydrogen) atoms. The molecule has 0 spiro atoms. The van der Waals surface area contributed by atoms with E-state index in [0.717, 1.165) is 16.9 Å². The molecule has 1 aromatic heterocycles. The van der Waals surface area contributed by atoms with Crippen molar-refractivity contribution in [2.24, 2.45) is 0 Å². The molecular weight excluding hydrogens is 294 g/mol. The summed E-state index contributed by atoms with van der Waals surface area (Å²) in [6, 6.07) is 6.63. The minimum Gasteiger partial charge on any atom is -0.493 e. The van der Waals surface area contributed by atoms with Crippen LogP contribution in [0.5, 0.6) is 16.6 Å². The van der Waals surface area contributed by atoms with Gasteiger partial charge in [-0.25, -0.2) is 0 Å². The van der Waals surface area contributed by atoms with Crippen molar-refractivity contribution in [3.63, 3.8) is 0 Å². The van der Waals surface area contributed by atoms with Crippen molar-refractivity contribution in [2.75, 3.05) is 7.11 Å². The summed E-state index contributed by atoms with van der Waals surface area (Å²) >= 11 is 1.04. The van der Waals surface area contributed by atoms with Gasteiger partial charge in [-0.2, -0.15) is 0 Å². The Morgan fingerprint density at radius 1 is 1.33 bits per heavy atom. The third-order valence-corrected chi connectivity index (χ3v) is 4.00. The van der Waals surface area contributed by atoms with Crippen LogP contribution in [0.15, 0.2) is 24.3 Å². The number of thiophene rings is 1. The van der Waals surface area contributed by atoms with E-state index in [1.165, 1.54) is 13.2 Å². The molecule has 1 atom stereocenters. The zero-order chi connectivity index (χ0) is 15.6. The van der Waals surface area contributed by atoms with E-state index in [2.05, 4.69) is 0 Å². The Hall–Kier alpha value is -2.12. The van der Waals surface area contributed by atoms with Crippen molar-refractivity contribution in [3.8, 4) is 16.6 Å². The molecule has 0 amide bonds. The Labute approximate surface area is 125 Å². The molecule has 0 aliphatic carbocycles. The Morgan fingerprint density at radius 2 is 2.05 bits per heavy atom. The van der Waals surface area contributed by atoms with Crippen molar-refractivity contribution in [2.45, 2.75) is 20.0 Å². The second kappa shape index (κ2) is 6.11. The molecule has 1 heterocycles. The number of nitro groups is 1. The molecule has 0 radical (unpaired) electrons. The number of aliphatic hydroxyl groups is 1. The highest BCUT2D eigenvalue weighted by molar-refractivity contribution is 7.14. The molecule has 1 N–H and O–H groups in total. The van der Waals surface area contributed by atoms with E-state index in [4.69, 9.17) is 9.47 Å². The maximum absolute atomic E-state index is 11.1. The molecular formula is C14H15NO5S. The average molecular weight is 309 g/mol. The second-order valence-corrected chi connectivity index (χ2v) is 5.56. The van der Waals surface area contributed by atoms with Crippen LogP contribution in [0.3, 0.4) is 0 Å². The first-order chi connectivity index (χ1) is 9.92. The summed E-state index contributed by atoms with van der Waals surface area (Å²) in [6.07, 6.45) is -0.786. The first-order valence-electron chi connectivity index (χ1n) is 6.21. The number of hydrogen-bond donors (Lipinski definition) is 1. The highest BCUT2D eigenvalue weighted by atomic mass is 32.1. The fourth-order valence-corrected chi connectivity index (χ4v) is 2.67. The molecule has 1 aromatic carbocycles. The van der Waals surface area contributed by atoms with Gasteiger partial charge in [0.05, 0.1) is 18.1 Å². The van der Waals surface area contributed by atoms with Crippen molar-refractivity contribution < 1.29 is 19.5 Å². The van der Waals surface area contributed by atoms with Crippen molar-refractivity contribution in [1.82, 2.24) is 0 Å². The van der Waals surface area contributed by atoms with Crippen LogP contribution < -0.4 is 9.47 Å². The van der Waals surface area contributed by atoms with E-state index in [9.17, 15) is 15.2 Å². The van der Waals surface area contributed by atoms with Crippen LogP contribution in [0, 0.1) is 17.0 Å². The number of nitrogens with zero attached hydrogens (tertiary/aromatic N) is 1. The van der Waals surface area contributed by atoms with Gasteiger partial charge in [-0.05, 0) is 31.5 Å². The molecule has 0 fully saturated rings. The van der Waals surface area contributed by atoms with Crippen LogP contribution in [-0.4, -0.2) is 17.1 Å². The lowest BCUT2D eigenvalue weighted by molar-refractivity contribution is -0.385. The highest BCUT2D eigenvalue weighted by Crippen LogP contribution is 2.43. The molecule has 7 heteroatoms. The fraction of sp³-hybridized carbons (Fsp3) is 0.286. The lowest BCUT2D eigenvalue weighted by Crippen LogP contribution is -1.92. The van der Waals surface area contributed by atoms with Gasteiger partial charge < -0.3 is 14.6 Å². The van der Waals surface area contributed by atoms with Crippen molar-refractivity contribution >= 4 is 17.0 Å². The molecule has 0 saturated heterocycles. The third-order valence-electron chi connectivity index (χ3n) is 2.83. The van der Waals surface area contributed by atoms with Gasteiger partial charge in [0.1, 0.15) is 0 Å². The van der Waals surface area contributed by atoms with Gasteiger partial charge in [-0.3, -0.25) is 10.1 Å². The SMILES string of the molecule is COc1cc(C)ccc1Oc1sc([C@@H](C)O)cc1[N+](=O)[O-]. The molecule has 0 aliphatic heterocycles. The average Bonchev–Trinajstić information content (AvgIpc) is 2.85. The van der Waals surface area contributed by atoms with Gasteiger partial charge in [0.25, 0.3) is 5.06 Å². The van der Waals surface area contributed by atoms with Crippen LogP contribution in [0.2, 0.25) is 0 Å². The number of rotatable bonds is 5. The van der Waals surface area contributed by atoms with E-state index in [0.29, 0.717) is 16.4 Å². The third kappa shape index (κ3) is 3.32. The Kier molecular flexibility index (Phi) is 4.44. The van der Waals surface area contributed by atoms with Crippen LogP contribution in [0.4, 0.5) is 5.69 Å². The zero-order valence-electron chi connectivity index (χ0n) is 11.8. The van der Waals surface area contributed by atoms with Crippen LogP contribution in [-0.2, 0) is 0 Å². The molecule has 2 rings (SSSR count). The number of methoxy groups -OCH3 is 1. The second-order valence-electron chi connectivity index (χ2n) is 4.51. The molecule has 0 aliphatic rings. The summed E-state index contributed by atoms with van der Waals surface area (Å²) in [5.41, 5.74) is 0.822. The zero-order valence-corrected chi connectivity index (χ0v) is 12.6. The number of aryl methyl sites for hydroxylation is 1. The lowest BCUT2D eigenvalue weighted by atomic mass is 10.2. The Morgan fingerprint density at radius 3 is 2.62 bits per heavy atom. The van der Waals surface area contributed by atoms with Gasteiger partial charge in [0, 0.05) is 10.9 Å². The van der Waals surface area contributed by atoms with Crippen molar-refractivity contribution in [3.05, 3.63) is 44.8 Å². The number of ether oxygens (including phenoxy) is 2. The predicted molar refractivity (Wildman–Crippen MR) is 79.4 cm³/mol. The quantitative estimate of drug-likeness (QED) is 0.670. The standard InChI is InChI=1S/C14H15NO5S/c1-8-4-5-11(12(6-8)19-3)20-14-10(15(17)18)7-13(21-14)9(2)16/h4-7,9,16H,1-3H3/t9-/m1/s1. The smallest absolute Gasteiger partial charge is 0.323 e. The van der Waals surface area contributed by atoms with E-state index in [1.54, 1.807) is 19.1 Å². The summed E-state index contributed by atoms with van der Waals surface area (Å²) in [6.45, 7) is 3.46. The molecule has 0 bridgehead atoms. The first-order valence-corrected chi connectivity index (χ1v) is 7.02. The summed E-state index contributed by atoms with van der Waals surface area (Å²) < 4.78 is 10.8. The number of hydrogen-bond acceptors (Lipinski definition) is 6. The topological polar surface area (TPSA) is 81.8 Å². The highest BCUT2D eigenvalue weighted by Gasteiger charge is 2.24. The van der Waals surface area contributed by atoms with E-state index < -0.39 is 11.0 Å². The maximum atomic E-state index is 11.1. The van der Waals surface area contributed by atoms with Crippen LogP contribution in [0.1, 0.15) is 23.5 Å². The normalized spacial score (nSPS) is 12.0. The van der Waals surface area contributed by atoms with E-state index >= 15 is 0 Å². The van der Waals surface area contributed by atoms with Gasteiger partial charge in [0.2, 0.25) is 0 Å². The van der Waals surface area contributed by atoms with Gasteiger partial charge in [0.15, 0.2) is 11.5 Å². The van der Waals surface area contributed by atoms with Crippen molar-refractivity contribution in [1.29, 1.82) is 0 Å². The summed E-state index contributed by atoms with van der Waals surface area (Å²) in [4.78, 5) is 11.0. The molecule has 6 nitrogen and oxygen atoms in total. The molecule has 0 saturated carbocycles. The predicted octanol–water partition coefficient (Wildman–Crippen LogP) is 3.82. The molecule has 0 unspecified atom stereocenters.